The maximum absolute atomic E-state index is 11.2. The van der Waals surface area contributed by atoms with Gasteiger partial charge in [-0.05, 0) is 35.9 Å². The number of ether oxygens (including phenoxy) is 2. The molecular weight excluding hydrogens is 284 g/mol. The average molecular weight is 297 g/mol. The Bertz CT molecular complexity index is 593. The first-order chi connectivity index (χ1) is 9.60. The molecule has 2 aromatic rings. The summed E-state index contributed by atoms with van der Waals surface area (Å²) in [5.74, 6) is -0.554. The van der Waals surface area contributed by atoms with E-state index >= 15 is 0 Å². The van der Waals surface area contributed by atoms with Crippen molar-refractivity contribution in [1.29, 1.82) is 0 Å². The van der Waals surface area contributed by atoms with E-state index < -0.39 is 11.9 Å². The Morgan fingerprint density at radius 2 is 2.10 bits per heavy atom. The van der Waals surface area contributed by atoms with Crippen LogP contribution in [0.25, 0.3) is 0 Å². The lowest BCUT2D eigenvalue weighted by Crippen LogP contribution is -2.19. The lowest BCUT2D eigenvalue weighted by Gasteiger charge is -2.12. The maximum Gasteiger partial charge on any atom is 0.317 e. The Hall–Kier alpha value is -2.14. The summed E-state index contributed by atoms with van der Waals surface area (Å²) >= 11 is 5.65. The predicted molar refractivity (Wildman–Crippen MR) is 72.6 cm³/mol. The summed E-state index contributed by atoms with van der Waals surface area (Å²) in [5.41, 5.74) is 0. The molecule has 1 unspecified atom stereocenters. The monoisotopic (exact) mass is 296 g/mol. The first-order valence-electron chi connectivity index (χ1n) is 5.85. The van der Waals surface area contributed by atoms with Gasteiger partial charge < -0.3 is 19.0 Å². The molecule has 0 spiro atoms. The van der Waals surface area contributed by atoms with Crippen LogP contribution in [0.15, 0.2) is 40.8 Å². The van der Waals surface area contributed by atoms with Crippen LogP contribution in [0.5, 0.6) is 11.5 Å². The summed E-state index contributed by atoms with van der Waals surface area (Å²) in [7, 11) is 1.55. The zero-order valence-corrected chi connectivity index (χ0v) is 11.5. The molecule has 6 heteroatoms. The second-order valence-electron chi connectivity index (χ2n) is 4.02. The van der Waals surface area contributed by atoms with Gasteiger partial charge >= 0.3 is 5.97 Å². The van der Waals surface area contributed by atoms with Crippen LogP contribution in [-0.4, -0.2) is 24.8 Å². The van der Waals surface area contributed by atoms with Crippen LogP contribution in [0, 0.1) is 0 Å². The number of carboxylic acid groups (broad SMARTS) is 1. The van der Waals surface area contributed by atoms with Gasteiger partial charge in [-0.3, -0.25) is 4.79 Å². The molecular formula is C14H13ClO5. The molecule has 0 fully saturated rings. The quantitative estimate of drug-likeness (QED) is 0.886. The van der Waals surface area contributed by atoms with Gasteiger partial charge in [0.05, 0.1) is 7.11 Å². The Labute approximate surface area is 120 Å². The van der Waals surface area contributed by atoms with Crippen LogP contribution in [0.2, 0.25) is 5.22 Å². The number of carbonyl (C=O) groups is 1. The van der Waals surface area contributed by atoms with Gasteiger partial charge in [-0.2, -0.15) is 0 Å². The van der Waals surface area contributed by atoms with Crippen LogP contribution < -0.4 is 9.47 Å². The fourth-order valence-corrected chi connectivity index (χ4v) is 1.81. The standard InChI is InChI=1S/C14H13ClO5/c1-18-9-3-2-4-10(7-9)19-8-11(14(16)17)12-5-6-13(15)20-12/h2-7,11H,8H2,1H3,(H,16,17). The molecule has 5 nitrogen and oxygen atoms in total. The number of benzene rings is 1. The highest BCUT2D eigenvalue weighted by Gasteiger charge is 2.24. The molecule has 1 N–H and O–H groups in total. The van der Waals surface area contributed by atoms with Crippen LogP contribution in [0.1, 0.15) is 11.7 Å². The van der Waals surface area contributed by atoms with E-state index in [1.807, 2.05) is 0 Å². The second kappa shape index (κ2) is 6.34. The smallest absolute Gasteiger partial charge is 0.317 e. The molecule has 1 aromatic carbocycles. The maximum atomic E-state index is 11.2. The van der Waals surface area contributed by atoms with Gasteiger partial charge in [0, 0.05) is 6.07 Å². The first-order valence-corrected chi connectivity index (χ1v) is 6.23. The van der Waals surface area contributed by atoms with Crippen molar-refractivity contribution in [2.24, 2.45) is 0 Å². The van der Waals surface area contributed by atoms with Crippen molar-refractivity contribution in [2.75, 3.05) is 13.7 Å². The van der Waals surface area contributed by atoms with Crippen LogP contribution >= 0.6 is 11.6 Å². The summed E-state index contributed by atoms with van der Waals surface area (Å²) in [5, 5.41) is 9.35. The molecule has 1 atom stereocenters. The molecule has 20 heavy (non-hydrogen) atoms. The van der Waals surface area contributed by atoms with E-state index in [9.17, 15) is 9.90 Å². The number of aliphatic carboxylic acids is 1. The fourth-order valence-electron chi connectivity index (χ4n) is 1.66. The van der Waals surface area contributed by atoms with Crippen molar-refractivity contribution in [3.05, 3.63) is 47.4 Å². The molecule has 0 bridgehead atoms. The fraction of sp³-hybridized carbons (Fsp3) is 0.214. The van der Waals surface area contributed by atoms with Gasteiger partial charge in [0.1, 0.15) is 29.8 Å². The van der Waals surface area contributed by atoms with Crippen LogP contribution in [0.4, 0.5) is 0 Å². The normalized spacial score (nSPS) is 11.9. The predicted octanol–water partition coefficient (Wildman–Crippen LogP) is 3.19. The van der Waals surface area contributed by atoms with E-state index in [4.69, 9.17) is 25.5 Å². The summed E-state index contributed by atoms with van der Waals surface area (Å²) in [6, 6.07) is 9.94. The van der Waals surface area contributed by atoms with E-state index in [0.717, 1.165) is 0 Å². The lowest BCUT2D eigenvalue weighted by atomic mass is 10.1. The molecule has 0 aliphatic rings. The van der Waals surface area contributed by atoms with Crippen molar-refractivity contribution in [3.8, 4) is 11.5 Å². The van der Waals surface area contributed by atoms with E-state index in [-0.39, 0.29) is 17.6 Å². The highest BCUT2D eigenvalue weighted by atomic mass is 35.5. The average Bonchev–Trinajstić information content (AvgIpc) is 2.85. The minimum absolute atomic E-state index is 0.0632. The Morgan fingerprint density at radius 3 is 2.70 bits per heavy atom. The van der Waals surface area contributed by atoms with E-state index in [2.05, 4.69) is 0 Å². The van der Waals surface area contributed by atoms with E-state index in [1.54, 1.807) is 31.4 Å². The zero-order chi connectivity index (χ0) is 14.5. The Balaban J connectivity index is 2.07. The van der Waals surface area contributed by atoms with Gasteiger partial charge in [-0.25, -0.2) is 0 Å². The van der Waals surface area contributed by atoms with E-state index in [0.29, 0.717) is 11.5 Å². The molecule has 106 valence electrons. The first kappa shape index (κ1) is 14.3. The van der Waals surface area contributed by atoms with Crippen molar-refractivity contribution in [3.63, 3.8) is 0 Å². The lowest BCUT2D eigenvalue weighted by molar-refractivity contribution is -0.140. The van der Waals surface area contributed by atoms with Crippen molar-refractivity contribution in [2.45, 2.75) is 5.92 Å². The molecule has 0 saturated heterocycles. The summed E-state index contributed by atoms with van der Waals surface area (Å²) < 4.78 is 15.7. The number of rotatable bonds is 6. The van der Waals surface area contributed by atoms with Crippen LogP contribution in [-0.2, 0) is 4.79 Å². The molecule has 0 aliphatic carbocycles. The number of halogens is 1. The molecule has 0 amide bonds. The molecule has 1 aromatic heterocycles. The molecule has 1 heterocycles. The second-order valence-corrected chi connectivity index (χ2v) is 4.40. The minimum Gasteiger partial charge on any atom is -0.497 e. The zero-order valence-electron chi connectivity index (χ0n) is 10.7. The number of hydrogen-bond acceptors (Lipinski definition) is 4. The molecule has 2 rings (SSSR count). The Morgan fingerprint density at radius 1 is 1.35 bits per heavy atom. The molecule has 0 aliphatic heterocycles. The minimum atomic E-state index is -1.04. The third-order valence-electron chi connectivity index (χ3n) is 2.69. The number of hydrogen-bond donors (Lipinski definition) is 1. The van der Waals surface area contributed by atoms with Gasteiger partial charge in [0.2, 0.25) is 0 Å². The molecule has 0 radical (unpaired) electrons. The number of furan rings is 1. The Kier molecular flexibility index (Phi) is 4.53. The van der Waals surface area contributed by atoms with Gasteiger partial charge in [-0.15, -0.1) is 0 Å². The van der Waals surface area contributed by atoms with Crippen molar-refractivity contribution >= 4 is 17.6 Å². The van der Waals surface area contributed by atoms with Crippen molar-refractivity contribution in [1.82, 2.24) is 0 Å². The van der Waals surface area contributed by atoms with Gasteiger partial charge in [-0.1, -0.05) is 6.07 Å². The number of methoxy groups -OCH3 is 1. The summed E-state index contributed by atoms with van der Waals surface area (Å²) in [4.78, 5) is 11.2. The largest absolute Gasteiger partial charge is 0.497 e. The summed E-state index contributed by atoms with van der Waals surface area (Å²) in [6.07, 6.45) is 0. The highest BCUT2D eigenvalue weighted by Crippen LogP contribution is 2.24. The summed E-state index contributed by atoms with van der Waals surface area (Å²) in [6.45, 7) is -0.0632. The SMILES string of the molecule is COc1cccc(OCC(C(=O)O)c2ccc(Cl)o2)c1. The van der Waals surface area contributed by atoms with Gasteiger partial charge in [0.15, 0.2) is 5.22 Å². The third-order valence-corrected chi connectivity index (χ3v) is 2.90. The third kappa shape index (κ3) is 3.45. The highest BCUT2D eigenvalue weighted by molar-refractivity contribution is 6.28. The van der Waals surface area contributed by atoms with Gasteiger partial charge in [0.25, 0.3) is 0 Å². The topological polar surface area (TPSA) is 68.9 Å². The number of carboxylic acids is 1. The van der Waals surface area contributed by atoms with Crippen molar-refractivity contribution < 1.29 is 23.8 Å². The van der Waals surface area contributed by atoms with Crippen LogP contribution in [0.3, 0.4) is 0 Å². The molecule has 0 saturated carbocycles. The van der Waals surface area contributed by atoms with E-state index in [1.165, 1.54) is 12.1 Å².